The van der Waals surface area contributed by atoms with Crippen LogP contribution in [0.5, 0.6) is 5.75 Å². The summed E-state index contributed by atoms with van der Waals surface area (Å²) in [5.41, 5.74) is 0.272. The van der Waals surface area contributed by atoms with Crippen LogP contribution in [0.1, 0.15) is 42.5 Å². The number of carbonyl (C=O) groups is 2. The third-order valence-corrected chi connectivity index (χ3v) is 6.50. The molecule has 0 aromatic carbocycles. The Morgan fingerprint density at radius 1 is 1.18 bits per heavy atom. The summed E-state index contributed by atoms with van der Waals surface area (Å²) in [4.78, 5) is 41.7. The molecule has 2 aliphatic rings. The van der Waals surface area contributed by atoms with Crippen LogP contribution in [-0.4, -0.2) is 80.9 Å². The second-order valence-corrected chi connectivity index (χ2v) is 10.7. The van der Waals surface area contributed by atoms with Crippen LogP contribution in [0.15, 0.2) is 36.7 Å². The molecule has 0 radical (unpaired) electrons. The first-order valence-electron chi connectivity index (χ1n) is 12.5. The van der Waals surface area contributed by atoms with Crippen molar-refractivity contribution in [3.8, 4) is 11.8 Å². The quantitative estimate of drug-likeness (QED) is 0.513. The minimum Gasteiger partial charge on any atom is -0.505 e. The number of fused-ring (bicyclic) bond motifs is 1. The molecule has 0 bridgehead atoms. The SMILES string of the molecule is CC(C)(C)OC(=O)N1CCOC2(C1)CN(c1ccc3c(O)c(C(=O)NCc4ccc(C#N)nc4)ncc3n1)C2. The molecule has 0 saturated carbocycles. The van der Waals surface area contributed by atoms with Gasteiger partial charge in [0, 0.05) is 24.7 Å². The zero-order valence-corrected chi connectivity index (χ0v) is 22.0. The summed E-state index contributed by atoms with van der Waals surface area (Å²) in [5.74, 6) is -0.125. The van der Waals surface area contributed by atoms with Gasteiger partial charge in [0.15, 0.2) is 11.4 Å². The number of hydrogen-bond donors (Lipinski definition) is 2. The lowest BCUT2D eigenvalue weighted by Crippen LogP contribution is -2.71. The number of amides is 2. The van der Waals surface area contributed by atoms with Crippen LogP contribution in [-0.2, 0) is 16.0 Å². The number of pyridine rings is 3. The molecular formula is C27H29N7O5. The van der Waals surface area contributed by atoms with E-state index in [1.807, 2.05) is 31.7 Å². The van der Waals surface area contributed by atoms with Crippen LogP contribution >= 0.6 is 0 Å². The molecule has 5 heterocycles. The Kier molecular flexibility index (Phi) is 6.69. The molecule has 12 nitrogen and oxygen atoms in total. The standard InChI is InChI=1S/C27H29N7O5/c1-26(2,3)39-25(37)33-8-9-38-27(14-33)15-34(16-27)21-7-6-19-20(32-21)13-30-22(23(19)35)24(36)31-12-17-4-5-18(10-28)29-11-17/h4-7,11,13,35H,8-9,12,14-16H2,1-3H3,(H,31,36). The van der Waals surface area contributed by atoms with Crippen molar-refractivity contribution in [2.24, 2.45) is 0 Å². The maximum absolute atomic E-state index is 12.7. The maximum atomic E-state index is 12.7. The number of nitrogens with zero attached hydrogens (tertiary/aromatic N) is 6. The van der Waals surface area contributed by atoms with Gasteiger partial charge in [0.2, 0.25) is 0 Å². The van der Waals surface area contributed by atoms with E-state index >= 15 is 0 Å². The lowest BCUT2D eigenvalue weighted by atomic mass is 9.91. The largest absolute Gasteiger partial charge is 0.505 e. The molecule has 5 rings (SSSR count). The fraction of sp³-hybridized carbons (Fsp3) is 0.407. The van der Waals surface area contributed by atoms with E-state index < -0.39 is 17.1 Å². The molecule has 0 unspecified atom stereocenters. The van der Waals surface area contributed by atoms with Crippen LogP contribution in [0, 0.1) is 11.3 Å². The fourth-order valence-corrected chi connectivity index (χ4v) is 4.61. The van der Waals surface area contributed by atoms with Gasteiger partial charge in [0.25, 0.3) is 5.91 Å². The molecule has 2 fully saturated rings. The summed E-state index contributed by atoms with van der Waals surface area (Å²) in [6.45, 7) is 8.14. The van der Waals surface area contributed by atoms with Crippen molar-refractivity contribution in [1.29, 1.82) is 5.26 Å². The summed E-state index contributed by atoms with van der Waals surface area (Å²) in [5, 5.41) is 22.7. The number of carbonyl (C=O) groups excluding carboxylic acids is 2. The Morgan fingerprint density at radius 3 is 2.67 bits per heavy atom. The molecular weight excluding hydrogens is 502 g/mol. The number of rotatable bonds is 4. The van der Waals surface area contributed by atoms with Gasteiger partial charge in [-0.15, -0.1) is 0 Å². The number of nitriles is 1. The van der Waals surface area contributed by atoms with Crippen LogP contribution in [0.4, 0.5) is 10.6 Å². The molecule has 2 amide bonds. The second kappa shape index (κ2) is 9.99. The molecule has 0 aliphatic carbocycles. The second-order valence-electron chi connectivity index (χ2n) is 10.7. The number of aromatic hydroxyl groups is 1. The maximum Gasteiger partial charge on any atom is 0.410 e. The third-order valence-electron chi connectivity index (χ3n) is 6.50. The highest BCUT2D eigenvalue weighted by molar-refractivity contribution is 6.00. The highest BCUT2D eigenvalue weighted by Gasteiger charge is 2.49. The normalized spacial score (nSPS) is 16.5. The monoisotopic (exact) mass is 531 g/mol. The number of hydrogen-bond acceptors (Lipinski definition) is 10. The summed E-state index contributed by atoms with van der Waals surface area (Å²) in [7, 11) is 0. The molecule has 2 aliphatic heterocycles. The Morgan fingerprint density at radius 2 is 1.97 bits per heavy atom. The first-order valence-corrected chi connectivity index (χ1v) is 12.5. The minimum atomic E-state index is -0.564. The van der Waals surface area contributed by atoms with Crippen molar-refractivity contribution < 1.29 is 24.2 Å². The van der Waals surface area contributed by atoms with Gasteiger partial charge in [-0.2, -0.15) is 5.26 Å². The minimum absolute atomic E-state index is 0.112. The fourth-order valence-electron chi connectivity index (χ4n) is 4.61. The number of aromatic nitrogens is 3. The van der Waals surface area contributed by atoms with Gasteiger partial charge in [-0.25, -0.2) is 19.7 Å². The predicted molar refractivity (Wildman–Crippen MR) is 140 cm³/mol. The number of nitrogens with one attached hydrogen (secondary N) is 1. The van der Waals surface area contributed by atoms with Gasteiger partial charge in [-0.1, -0.05) is 6.07 Å². The highest BCUT2D eigenvalue weighted by atomic mass is 16.6. The topological polar surface area (TPSA) is 154 Å². The summed E-state index contributed by atoms with van der Waals surface area (Å²) < 4.78 is 11.6. The van der Waals surface area contributed by atoms with E-state index in [9.17, 15) is 14.7 Å². The molecule has 2 N–H and O–H groups in total. The van der Waals surface area contributed by atoms with Gasteiger partial charge in [-0.3, -0.25) is 4.79 Å². The van der Waals surface area contributed by atoms with E-state index in [-0.39, 0.29) is 29.8 Å². The van der Waals surface area contributed by atoms with Crippen molar-refractivity contribution in [3.05, 3.63) is 53.6 Å². The van der Waals surface area contributed by atoms with E-state index in [1.54, 1.807) is 29.2 Å². The number of morpholine rings is 1. The molecule has 12 heteroatoms. The van der Waals surface area contributed by atoms with Crippen molar-refractivity contribution in [3.63, 3.8) is 0 Å². The lowest BCUT2D eigenvalue weighted by molar-refractivity contribution is -0.121. The predicted octanol–water partition coefficient (Wildman–Crippen LogP) is 2.36. The Bertz CT molecular complexity index is 1460. The number of anilines is 1. The first kappa shape index (κ1) is 26.1. The van der Waals surface area contributed by atoms with Gasteiger partial charge in [0.1, 0.15) is 28.8 Å². The van der Waals surface area contributed by atoms with Gasteiger partial charge in [0.05, 0.1) is 38.0 Å². The molecule has 3 aromatic heterocycles. The van der Waals surface area contributed by atoms with E-state index in [0.717, 1.165) is 0 Å². The lowest BCUT2D eigenvalue weighted by Gasteiger charge is -2.54. The zero-order valence-electron chi connectivity index (χ0n) is 22.0. The average Bonchev–Trinajstić information content (AvgIpc) is 2.89. The van der Waals surface area contributed by atoms with Crippen molar-refractivity contribution in [2.75, 3.05) is 37.7 Å². The average molecular weight is 532 g/mol. The van der Waals surface area contributed by atoms with Crippen LogP contribution < -0.4 is 10.2 Å². The third kappa shape index (κ3) is 5.53. The number of ether oxygens (including phenoxy) is 2. The molecule has 39 heavy (non-hydrogen) atoms. The summed E-state index contributed by atoms with van der Waals surface area (Å²) in [6.07, 6.45) is 2.61. The Balaban J connectivity index is 1.23. The van der Waals surface area contributed by atoms with E-state index in [1.165, 1.54) is 12.4 Å². The molecule has 3 aromatic rings. The van der Waals surface area contributed by atoms with Crippen LogP contribution in [0.25, 0.3) is 10.9 Å². The van der Waals surface area contributed by atoms with Crippen molar-refractivity contribution in [2.45, 2.75) is 38.5 Å². The summed E-state index contributed by atoms with van der Waals surface area (Å²) in [6, 6.07) is 8.67. The molecule has 1 spiro atoms. The van der Waals surface area contributed by atoms with Crippen molar-refractivity contribution in [1.82, 2.24) is 25.2 Å². The smallest absolute Gasteiger partial charge is 0.410 e. The van der Waals surface area contributed by atoms with Crippen LogP contribution in [0.3, 0.4) is 0 Å². The Labute approximate surface area is 225 Å². The van der Waals surface area contributed by atoms with E-state index in [4.69, 9.17) is 14.7 Å². The molecule has 202 valence electrons. The first-order chi connectivity index (χ1) is 18.6. The van der Waals surface area contributed by atoms with Gasteiger partial charge in [-0.05, 0) is 44.5 Å². The highest BCUT2D eigenvalue weighted by Crippen LogP contribution is 2.35. The van der Waals surface area contributed by atoms with Gasteiger partial charge < -0.3 is 29.7 Å². The van der Waals surface area contributed by atoms with Crippen molar-refractivity contribution >= 4 is 28.7 Å². The molecule has 2 saturated heterocycles. The Hall–Kier alpha value is -4.50. The van der Waals surface area contributed by atoms with E-state index in [0.29, 0.717) is 55.1 Å². The van der Waals surface area contributed by atoms with Crippen LogP contribution in [0.2, 0.25) is 0 Å². The van der Waals surface area contributed by atoms with Gasteiger partial charge >= 0.3 is 6.09 Å². The zero-order chi connectivity index (χ0) is 27.8. The molecule has 0 atom stereocenters. The van der Waals surface area contributed by atoms with E-state index in [2.05, 4.69) is 20.3 Å². The summed E-state index contributed by atoms with van der Waals surface area (Å²) >= 11 is 0.